The van der Waals surface area contributed by atoms with Crippen LogP contribution in [0.5, 0.6) is 0 Å². The Kier molecular flexibility index (Phi) is 11.2. The summed E-state index contributed by atoms with van der Waals surface area (Å²) in [6.45, 7) is 1.03. The van der Waals surface area contributed by atoms with Crippen LogP contribution in [0.1, 0.15) is 34.5 Å². The number of nitrogens with one attached hydrogen (secondary N) is 1. The van der Waals surface area contributed by atoms with Gasteiger partial charge in [0.25, 0.3) is 22.3 Å². The molecule has 17 nitrogen and oxygen atoms in total. The molecule has 4 aromatic rings. The molecule has 4 heterocycles. The lowest BCUT2D eigenvalue weighted by molar-refractivity contribution is -0.130. The van der Waals surface area contributed by atoms with Gasteiger partial charge in [-0.3, -0.25) is 33.8 Å². The molecule has 0 bridgehead atoms. The van der Waals surface area contributed by atoms with E-state index in [2.05, 4.69) is 25.3 Å². The molecule has 0 saturated carbocycles. The summed E-state index contributed by atoms with van der Waals surface area (Å²) in [4.78, 5) is 85.2. The maximum atomic E-state index is 13.5. The lowest BCUT2D eigenvalue weighted by Crippen LogP contribution is -2.49. The van der Waals surface area contributed by atoms with E-state index < -0.39 is 36.1 Å². The Hall–Kier alpha value is -5.31. The molecule has 5 amide bonds. The van der Waals surface area contributed by atoms with Crippen molar-refractivity contribution in [3.05, 3.63) is 71.5 Å². The topological polar surface area (TPSA) is 251 Å². The fraction of sp³-hybridized carbons (Fsp3) is 0.281. The van der Waals surface area contributed by atoms with E-state index in [-0.39, 0.29) is 66.2 Å². The van der Waals surface area contributed by atoms with E-state index in [4.69, 9.17) is 11.5 Å². The third-order valence-electron chi connectivity index (χ3n) is 8.34. The van der Waals surface area contributed by atoms with Crippen molar-refractivity contribution in [3.63, 3.8) is 0 Å². The number of hydrogen-bond acceptors (Lipinski definition) is 16. The summed E-state index contributed by atoms with van der Waals surface area (Å²) < 4.78 is 0. The number of nitrogens with zero attached hydrogens (tertiary/aromatic N) is 7. The highest BCUT2D eigenvalue weighted by Gasteiger charge is 2.35. The summed E-state index contributed by atoms with van der Waals surface area (Å²) in [5.74, 6) is -0.697. The Morgan fingerprint density at radius 2 is 1.58 bits per heavy atom. The van der Waals surface area contributed by atoms with Crippen molar-refractivity contribution in [1.82, 2.24) is 35.1 Å². The summed E-state index contributed by atoms with van der Waals surface area (Å²) in [6, 6.07) is 12.1. The fourth-order valence-electron chi connectivity index (χ4n) is 5.64. The van der Waals surface area contributed by atoms with Crippen LogP contribution in [0, 0.1) is 0 Å². The van der Waals surface area contributed by atoms with Gasteiger partial charge in [-0.25, -0.2) is 9.97 Å². The Bertz CT molecular complexity index is 2020. The number of benzene rings is 2. The molecule has 0 spiro atoms. The van der Waals surface area contributed by atoms with Gasteiger partial charge in [-0.1, -0.05) is 47.8 Å². The van der Waals surface area contributed by atoms with E-state index in [9.17, 15) is 34.0 Å². The molecule has 2 saturated heterocycles. The van der Waals surface area contributed by atoms with Crippen molar-refractivity contribution >= 4 is 92.9 Å². The van der Waals surface area contributed by atoms with Crippen molar-refractivity contribution in [3.8, 4) is 0 Å². The fourth-order valence-corrected chi connectivity index (χ4v) is 7.22. The first-order chi connectivity index (χ1) is 25.0. The van der Waals surface area contributed by atoms with Crippen LogP contribution in [0.25, 0.3) is 11.2 Å². The van der Waals surface area contributed by atoms with E-state index in [1.165, 1.54) is 6.20 Å². The molecule has 2 fully saturated rings. The number of fused-ring (bicyclic) bond motifs is 1. The van der Waals surface area contributed by atoms with Gasteiger partial charge in [-0.05, 0) is 41.7 Å². The van der Waals surface area contributed by atoms with E-state index in [1.807, 2.05) is 4.90 Å². The number of nitrogen functional groups attached to an aromatic ring is 2. The molecule has 2 aromatic heterocycles. The quantitative estimate of drug-likeness (QED) is 0.125. The SMILES string of the molecule is Nc1nc(N)c2nc(CN(Cc3ccc(B(O)O)cc3)c3ccc(C(=O)NC(CCC(=O)N4CCSC4=O)C(=O)N4CCSC4=O)cc3)cnc2n1. The lowest BCUT2D eigenvalue weighted by Gasteiger charge is -2.25. The number of thioether (sulfide) groups is 2. The van der Waals surface area contributed by atoms with Crippen molar-refractivity contribution in [2.45, 2.75) is 32.0 Å². The molecule has 2 aliphatic rings. The van der Waals surface area contributed by atoms with Crippen molar-refractivity contribution in [2.75, 3.05) is 41.0 Å². The van der Waals surface area contributed by atoms with Crippen LogP contribution in [-0.4, -0.2) is 106 Å². The number of anilines is 3. The van der Waals surface area contributed by atoms with Gasteiger partial charge < -0.3 is 31.7 Å². The second-order valence-electron chi connectivity index (χ2n) is 11.8. The number of imide groups is 2. The third-order valence-corrected chi connectivity index (χ3v) is 10.0. The molecule has 20 heteroatoms. The Morgan fingerprint density at radius 1 is 0.904 bits per heavy atom. The number of carbonyl (C=O) groups excluding carboxylic acids is 5. The smallest absolute Gasteiger partial charge is 0.423 e. The van der Waals surface area contributed by atoms with Gasteiger partial charge in [0.05, 0.1) is 18.4 Å². The molecule has 0 aliphatic carbocycles. The molecule has 1 atom stereocenters. The number of rotatable bonds is 12. The third kappa shape index (κ3) is 8.42. The number of aromatic nitrogens is 4. The highest BCUT2D eigenvalue weighted by atomic mass is 32.2. The van der Waals surface area contributed by atoms with Crippen LogP contribution in [0.3, 0.4) is 0 Å². The zero-order chi connectivity index (χ0) is 36.9. The zero-order valence-corrected chi connectivity index (χ0v) is 29.2. The highest BCUT2D eigenvalue weighted by molar-refractivity contribution is 8.14. The lowest BCUT2D eigenvalue weighted by atomic mass is 9.80. The van der Waals surface area contributed by atoms with Gasteiger partial charge in [0.2, 0.25) is 11.9 Å². The van der Waals surface area contributed by atoms with E-state index >= 15 is 0 Å². The first kappa shape index (κ1) is 36.5. The first-order valence-electron chi connectivity index (χ1n) is 16.1. The predicted octanol–water partition coefficient (Wildman–Crippen LogP) is 0.740. The van der Waals surface area contributed by atoms with Crippen LogP contribution < -0.4 is 27.1 Å². The molecule has 0 radical (unpaired) electrons. The van der Waals surface area contributed by atoms with E-state index in [0.717, 1.165) is 38.9 Å². The van der Waals surface area contributed by atoms with Gasteiger partial charge in [-0.2, -0.15) is 9.97 Å². The Morgan fingerprint density at radius 3 is 2.21 bits per heavy atom. The van der Waals surface area contributed by atoms with Gasteiger partial charge >= 0.3 is 7.12 Å². The normalized spacial score (nSPS) is 14.9. The number of carbonyl (C=O) groups is 5. The monoisotopic (exact) mass is 744 g/mol. The average molecular weight is 745 g/mol. The molecule has 2 aromatic carbocycles. The zero-order valence-electron chi connectivity index (χ0n) is 27.5. The number of hydrogen-bond donors (Lipinski definition) is 5. The van der Waals surface area contributed by atoms with Crippen LogP contribution >= 0.6 is 23.5 Å². The minimum atomic E-state index is -1.61. The predicted molar refractivity (Wildman–Crippen MR) is 196 cm³/mol. The second kappa shape index (κ2) is 15.9. The summed E-state index contributed by atoms with van der Waals surface area (Å²) in [5, 5.41) is 21.0. The molecule has 2 aliphatic heterocycles. The van der Waals surface area contributed by atoms with Gasteiger partial charge in [-0.15, -0.1) is 0 Å². The maximum absolute atomic E-state index is 13.5. The molecular formula is C32H33BN10O7S2. The Labute approximate surface area is 305 Å². The minimum absolute atomic E-state index is 0.0280. The van der Waals surface area contributed by atoms with Gasteiger partial charge in [0, 0.05) is 48.8 Å². The van der Waals surface area contributed by atoms with Crippen molar-refractivity contribution in [1.29, 1.82) is 0 Å². The summed E-state index contributed by atoms with van der Waals surface area (Å²) in [7, 11) is -1.61. The van der Waals surface area contributed by atoms with Crippen LogP contribution in [0.2, 0.25) is 0 Å². The minimum Gasteiger partial charge on any atom is -0.423 e. The highest BCUT2D eigenvalue weighted by Crippen LogP contribution is 2.24. The number of amides is 5. The van der Waals surface area contributed by atoms with E-state index in [1.54, 1.807) is 48.5 Å². The second-order valence-corrected chi connectivity index (χ2v) is 13.9. The summed E-state index contributed by atoms with van der Waals surface area (Å²) in [5.41, 5.74) is 14.8. The average Bonchev–Trinajstić information content (AvgIpc) is 3.77. The molecule has 7 N–H and O–H groups in total. The van der Waals surface area contributed by atoms with Crippen LogP contribution in [-0.2, 0) is 22.7 Å². The Balaban J connectivity index is 1.22. The molecule has 1 unspecified atom stereocenters. The van der Waals surface area contributed by atoms with Crippen LogP contribution in [0.4, 0.5) is 27.0 Å². The molecule has 6 rings (SSSR count). The summed E-state index contributed by atoms with van der Waals surface area (Å²) in [6.07, 6.45) is 1.27. The first-order valence-corrected chi connectivity index (χ1v) is 18.0. The van der Waals surface area contributed by atoms with Crippen LogP contribution in [0.15, 0.2) is 54.7 Å². The standard InChI is InChI=1S/C32H33BN10O7S2/c34-26-25-27(40-30(35)39-26)36-15-21(37-25)17-41(16-18-1-5-20(6-2-18)33(49)50)22-7-3-19(4-8-22)28(45)38-23(29(46)43-12-14-52-32(43)48)9-10-24(44)42-11-13-51-31(42)47/h1-8,15,23,49-50H,9-14,16-17H2,(H,38,45)(H4,34,35,36,39,40). The van der Waals surface area contributed by atoms with Gasteiger partial charge in [0.1, 0.15) is 6.04 Å². The largest absolute Gasteiger partial charge is 0.488 e. The maximum Gasteiger partial charge on any atom is 0.488 e. The summed E-state index contributed by atoms with van der Waals surface area (Å²) >= 11 is 2.04. The van der Waals surface area contributed by atoms with E-state index in [0.29, 0.717) is 34.9 Å². The molecular weight excluding hydrogens is 711 g/mol. The number of nitrogens with two attached hydrogens (primary N) is 2. The van der Waals surface area contributed by atoms with Crippen molar-refractivity contribution < 1.29 is 34.0 Å². The molecule has 268 valence electrons. The van der Waals surface area contributed by atoms with Crippen molar-refractivity contribution in [2.24, 2.45) is 0 Å². The van der Waals surface area contributed by atoms with Gasteiger partial charge in [0.15, 0.2) is 17.0 Å². The molecule has 52 heavy (non-hydrogen) atoms.